The van der Waals surface area contributed by atoms with Crippen molar-refractivity contribution in [3.63, 3.8) is 0 Å². The smallest absolute Gasteiger partial charge is 0.127 e. The molecule has 4 rings (SSSR count). The van der Waals surface area contributed by atoms with Crippen molar-refractivity contribution >= 4 is 29.1 Å². The number of aliphatic imine (C=N–C) groups is 2. The summed E-state index contributed by atoms with van der Waals surface area (Å²) in [5.41, 5.74) is 4.98. The van der Waals surface area contributed by atoms with Crippen molar-refractivity contribution in [2.24, 2.45) is 9.98 Å². The molecule has 5 nitrogen and oxygen atoms in total. The normalized spacial score (nSPS) is 14.5. The van der Waals surface area contributed by atoms with Gasteiger partial charge in [-0.25, -0.2) is 4.99 Å². The summed E-state index contributed by atoms with van der Waals surface area (Å²) in [5, 5.41) is 4.57. The van der Waals surface area contributed by atoms with Gasteiger partial charge in [0.25, 0.3) is 0 Å². The quantitative estimate of drug-likeness (QED) is 0.531. The molecule has 3 aromatic rings. The molecule has 0 saturated carbocycles. The Morgan fingerprint density at radius 2 is 2.07 bits per heavy atom. The summed E-state index contributed by atoms with van der Waals surface area (Å²) < 4.78 is 0. The molecule has 1 aliphatic rings. The number of aromatic nitrogens is 1. The lowest BCUT2D eigenvalue weighted by atomic mass is 10.00. The Bertz CT molecular complexity index is 999. The van der Waals surface area contributed by atoms with Gasteiger partial charge in [0.15, 0.2) is 0 Å². The maximum Gasteiger partial charge on any atom is 0.127 e. The first-order chi connectivity index (χ1) is 13.3. The molecule has 0 atom stereocenters. The van der Waals surface area contributed by atoms with E-state index in [0.717, 1.165) is 36.6 Å². The molecular weight excluding hydrogens is 334 g/mol. The maximum atomic E-state index is 4.77. The van der Waals surface area contributed by atoms with Crippen molar-refractivity contribution < 1.29 is 0 Å². The highest BCUT2D eigenvalue weighted by Crippen LogP contribution is 2.20. The third kappa shape index (κ3) is 3.92. The highest BCUT2D eigenvalue weighted by molar-refractivity contribution is 5.93. The Kier molecular flexibility index (Phi) is 5.01. The molecule has 0 radical (unpaired) electrons. The van der Waals surface area contributed by atoms with Gasteiger partial charge in [0.1, 0.15) is 12.5 Å². The largest absolute Gasteiger partial charge is 0.366 e. The van der Waals surface area contributed by atoms with Crippen molar-refractivity contribution in [1.29, 1.82) is 0 Å². The number of nitrogens with one attached hydrogen (secondary N) is 2. The molecule has 2 heterocycles. The van der Waals surface area contributed by atoms with E-state index in [1.807, 2.05) is 12.3 Å². The van der Waals surface area contributed by atoms with Gasteiger partial charge < -0.3 is 15.2 Å². The van der Waals surface area contributed by atoms with Gasteiger partial charge in [0.2, 0.25) is 0 Å². The average Bonchev–Trinajstić information content (AvgIpc) is 3.18. The summed E-state index contributed by atoms with van der Waals surface area (Å²) in [7, 11) is 0. The van der Waals surface area contributed by atoms with E-state index in [1.165, 1.54) is 16.5 Å². The number of H-pyrrole nitrogens is 1. The minimum Gasteiger partial charge on any atom is -0.366 e. The molecule has 0 bridgehead atoms. The lowest BCUT2D eigenvalue weighted by molar-refractivity contribution is 0.394. The summed E-state index contributed by atoms with van der Waals surface area (Å²) >= 11 is 0. The number of rotatable bonds is 5. The number of amidine groups is 1. The zero-order chi connectivity index (χ0) is 18.5. The van der Waals surface area contributed by atoms with Crippen LogP contribution in [0.15, 0.2) is 77.0 Å². The van der Waals surface area contributed by atoms with Gasteiger partial charge in [-0.2, -0.15) is 0 Å². The zero-order valence-electron chi connectivity index (χ0n) is 15.2. The molecule has 0 spiro atoms. The van der Waals surface area contributed by atoms with E-state index in [2.05, 4.69) is 75.4 Å². The summed E-state index contributed by atoms with van der Waals surface area (Å²) in [6.07, 6.45) is 6.61. The predicted octanol–water partition coefficient (Wildman–Crippen LogP) is 4.21. The molecule has 2 aromatic carbocycles. The van der Waals surface area contributed by atoms with Crippen LogP contribution in [0.25, 0.3) is 10.9 Å². The molecule has 0 fully saturated rings. The van der Waals surface area contributed by atoms with E-state index in [0.29, 0.717) is 6.67 Å². The third-order valence-corrected chi connectivity index (χ3v) is 4.86. The van der Waals surface area contributed by atoms with Gasteiger partial charge >= 0.3 is 0 Å². The fourth-order valence-corrected chi connectivity index (χ4v) is 3.44. The standard InChI is InChI=1S/C22H23N5/c1-23-11-9-22(27-13-10-17-4-2-3-5-19(17)15-27)26-16-25-20-6-7-21-18(14-20)8-12-24-21/h2-9,11-12,14,24-25H,1,10,13,15-16H2/b11-9-,26-22+. The van der Waals surface area contributed by atoms with Crippen molar-refractivity contribution in [2.45, 2.75) is 13.0 Å². The van der Waals surface area contributed by atoms with Crippen molar-refractivity contribution in [1.82, 2.24) is 9.88 Å². The lowest BCUT2D eigenvalue weighted by Crippen LogP contribution is -2.35. The average molecular weight is 357 g/mol. The number of benzene rings is 2. The Balaban J connectivity index is 1.48. The maximum absolute atomic E-state index is 4.77. The van der Waals surface area contributed by atoms with Crippen LogP contribution < -0.4 is 5.32 Å². The summed E-state index contributed by atoms with van der Waals surface area (Å²) in [6, 6.07) is 16.9. The summed E-state index contributed by atoms with van der Waals surface area (Å²) in [5.74, 6) is 0.923. The first kappa shape index (κ1) is 17.1. The monoisotopic (exact) mass is 357 g/mol. The van der Waals surface area contributed by atoms with E-state index in [-0.39, 0.29) is 0 Å². The van der Waals surface area contributed by atoms with Gasteiger partial charge in [0, 0.05) is 42.1 Å². The summed E-state index contributed by atoms with van der Waals surface area (Å²) in [6.45, 7) is 5.86. The molecule has 2 N–H and O–H groups in total. The molecule has 0 unspecified atom stereocenters. The Morgan fingerprint density at radius 1 is 1.19 bits per heavy atom. The molecule has 27 heavy (non-hydrogen) atoms. The van der Waals surface area contributed by atoms with Crippen molar-refractivity contribution in [3.05, 3.63) is 78.1 Å². The van der Waals surface area contributed by atoms with Crippen LogP contribution in [0.5, 0.6) is 0 Å². The molecule has 1 aromatic heterocycles. The van der Waals surface area contributed by atoms with E-state index >= 15 is 0 Å². The zero-order valence-corrected chi connectivity index (χ0v) is 15.2. The number of anilines is 1. The Hall–Kier alpha value is -3.34. The molecule has 0 saturated heterocycles. The molecular formula is C22H23N5. The van der Waals surface area contributed by atoms with Crippen LogP contribution >= 0.6 is 0 Å². The minimum atomic E-state index is 0.505. The fourth-order valence-electron chi connectivity index (χ4n) is 3.44. The highest BCUT2D eigenvalue weighted by atomic mass is 15.2. The second-order valence-electron chi connectivity index (χ2n) is 6.57. The molecule has 0 aliphatic carbocycles. The minimum absolute atomic E-state index is 0.505. The van der Waals surface area contributed by atoms with Crippen LogP contribution in [-0.2, 0) is 13.0 Å². The first-order valence-electron chi connectivity index (χ1n) is 9.13. The van der Waals surface area contributed by atoms with Crippen molar-refractivity contribution in [2.75, 3.05) is 18.5 Å². The van der Waals surface area contributed by atoms with Crippen LogP contribution in [-0.4, -0.2) is 35.7 Å². The van der Waals surface area contributed by atoms with E-state index in [4.69, 9.17) is 4.99 Å². The van der Waals surface area contributed by atoms with Crippen LogP contribution in [0.4, 0.5) is 5.69 Å². The Labute approximate surface area is 159 Å². The molecule has 0 amide bonds. The SMILES string of the molecule is C=N/C=C\C(=N/CNc1ccc2[nH]ccc2c1)N1CCc2ccccc2C1. The first-order valence-corrected chi connectivity index (χ1v) is 9.13. The lowest BCUT2D eigenvalue weighted by Gasteiger charge is -2.30. The molecule has 5 heteroatoms. The Morgan fingerprint density at radius 3 is 2.96 bits per heavy atom. The second-order valence-corrected chi connectivity index (χ2v) is 6.57. The second kappa shape index (κ2) is 7.91. The van der Waals surface area contributed by atoms with Crippen LogP contribution in [0.1, 0.15) is 11.1 Å². The van der Waals surface area contributed by atoms with Gasteiger partial charge in [-0.3, -0.25) is 4.99 Å². The third-order valence-electron chi connectivity index (χ3n) is 4.86. The number of nitrogens with zero attached hydrogens (tertiary/aromatic N) is 3. The van der Waals surface area contributed by atoms with E-state index < -0.39 is 0 Å². The highest BCUT2D eigenvalue weighted by Gasteiger charge is 2.17. The molecule has 1 aliphatic heterocycles. The predicted molar refractivity (Wildman–Crippen MR) is 113 cm³/mol. The van der Waals surface area contributed by atoms with Crippen LogP contribution in [0.3, 0.4) is 0 Å². The van der Waals surface area contributed by atoms with Crippen LogP contribution in [0.2, 0.25) is 0 Å². The van der Waals surface area contributed by atoms with E-state index in [1.54, 1.807) is 6.20 Å². The van der Waals surface area contributed by atoms with Gasteiger partial charge in [0.05, 0.1) is 0 Å². The number of hydrogen-bond donors (Lipinski definition) is 2. The number of fused-ring (bicyclic) bond motifs is 2. The number of hydrogen-bond acceptors (Lipinski definition) is 3. The molecule has 136 valence electrons. The van der Waals surface area contributed by atoms with Crippen LogP contribution in [0, 0.1) is 0 Å². The topological polar surface area (TPSA) is 55.8 Å². The van der Waals surface area contributed by atoms with Gasteiger partial charge in [-0.05, 0) is 54.6 Å². The fraction of sp³-hybridized carbons (Fsp3) is 0.182. The van der Waals surface area contributed by atoms with Gasteiger partial charge in [-0.15, -0.1) is 0 Å². The van der Waals surface area contributed by atoms with E-state index in [9.17, 15) is 0 Å². The number of aromatic amines is 1. The van der Waals surface area contributed by atoms with Gasteiger partial charge in [-0.1, -0.05) is 24.3 Å². The van der Waals surface area contributed by atoms with Crippen molar-refractivity contribution in [3.8, 4) is 0 Å². The summed E-state index contributed by atoms with van der Waals surface area (Å²) in [4.78, 5) is 14.1.